The van der Waals surface area contributed by atoms with E-state index in [-0.39, 0.29) is 49.3 Å². The predicted octanol–water partition coefficient (Wildman–Crippen LogP) is -1.89. The molecule has 0 saturated carbocycles. The number of unbranched alkanes of at least 4 members (excludes halogenated alkanes) is 1. The second kappa shape index (κ2) is 28.6. The van der Waals surface area contributed by atoms with Crippen LogP contribution >= 0.6 is 11.6 Å². The SMILES string of the molecule is C[C@H](NC(=O)CNC(=O)[C@H](CCCCN)NC(=O)CNC(=O)[C@H](Cc1ccc(O)cc1)NC(=O)[C@@H](C/C(N)=C/NN)NC(=O)CCc1ccc(Cl)cc1)C(=O)N[C@H](Cc1ccc(O)cc1)C(N)=O. The van der Waals surface area contributed by atoms with Crippen molar-refractivity contribution >= 4 is 58.9 Å². The third kappa shape index (κ3) is 20.4. The number of primary amides is 1. The number of aryl methyl sites for hydroxylation is 1. The van der Waals surface area contributed by atoms with Gasteiger partial charge in [-0.1, -0.05) is 48.0 Å². The minimum absolute atomic E-state index is 0.00230. The summed E-state index contributed by atoms with van der Waals surface area (Å²) in [5.41, 5.74) is 21.5. The summed E-state index contributed by atoms with van der Waals surface area (Å²) in [6.45, 7) is 0.391. The van der Waals surface area contributed by atoms with Gasteiger partial charge in [-0.15, -0.1) is 0 Å². The summed E-state index contributed by atoms with van der Waals surface area (Å²) in [7, 11) is 0. The Kier molecular flexibility index (Phi) is 23.1. The van der Waals surface area contributed by atoms with Crippen LogP contribution in [0.1, 0.15) is 55.7 Å². The van der Waals surface area contributed by atoms with Gasteiger partial charge in [0.2, 0.25) is 47.3 Å². The smallest absolute Gasteiger partial charge is 0.243 e. The average Bonchev–Trinajstić information content (AvgIpc) is 3.30. The molecule has 368 valence electrons. The molecule has 0 unspecified atom stereocenters. The summed E-state index contributed by atoms with van der Waals surface area (Å²) in [6, 6.07) is 12.6. The molecule has 0 aliphatic rings. The van der Waals surface area contributed by atoms with Gasteiger partial charge < -0.3 is 70.1 Å². The molecule has 0 aliphatic carbocycles. The Labute approximate surface area is 398 Å². The lowest BCUT2D eigenvalue weighted by atomic mass is 10.0. The van der Waals surface area contributed by atoms with Gasteiger partial charge in [0.1, 0.15) is 41.7 Å². The van der Waals surface area contributed by atoms with E-state index in [1.165, 1.54) is 49.5 Å². The number of aromatic hydroxyl groups is 2. The number of rotatable bonds is 28. The number of benzene rings is 3. The Balaban J connectivity index is 1.64. The van der Waals surface area contributed by atoms with Gasteiger partial charge in [0.25, 0.3) is 0 Å². The molecule has 68 heavy (non-hydrogen) atoms. The molecule has 23 heteroatoms. The van der Waals surface area contributed by atoms with E-state index >= 15 is 0 Å². The average molecular weight is 966 g/mol. The van der Waals surface area contributed by atoms with Gasteiger partial charge in [-0.2, -0.15) is 0 Å². The monoisotopic (exact) mass is 964 g/mol. The molecule has 0 aromatic heterocycles. The number of carbonyl (C=O) groups is 8. The minimum atomic E-state index is -1.33. The van der Waals surface area contributed by atoms with Crippen LogP contribution in [0, 0.1) is 0 Å². The zero-order valence-corrected chi connectivity index (χ0v) is 38.3. The van der Waals surface area contributed by atoms with E-state index in [2.05, 4.69) is 42.6 Å². The van der Waals surface area contributed by atoms with Crippen molar-refractivity contribution in [2.24, 2.45) is 23.0 Å². The molecule has 0 fully saturated rings. The highest BCUT2D eigenvalue weighted by atomic mass is 35.5. The minimum Gasteiger partial charge on any atom is -0.508 e. The van der Waals surface area contributed by atoms with Crippen LogP contribution in [0.4, 0.5) is 0 Å². The Hall–Kier alpha value is -7.43. The van der Waals surface area contributed by atoms with E-state index in [4.69, 9.17) is 34.6 Å². The van der Waals surface area contributed by atoms with E-state index in [0.717, 1.165) is 5.56 Å². The van der Waals surface area contributed by atoms with Crippen LogP contribution in [0.5, 0.6) is 11.5 Å². The largest absolute Gasteiger partial charge is 0.508 e. The van der Waals surface area contributed by atoms with Crippen LogP contribution in [0.25, 0.3) is 0 Å². The lowest BCUT2D eigenvalue weighted by molar-refractivity contribution is -0.133. The number of hydrazine groups is 1. The van der Waals surface area contributed by atoms with Crippen LogP contribution in [0.15, 0.2) is 84.7 Å². The van der Waals surface area contributed by atoms with Crippen molar-refractivity contribution in [1.82, 2.24) is 42.6 Å². The van der Waals surface area contributed by atoms with Crippen molar-refractivity contribution in [3.8, 4) is 11.5 Å². The fourth-order valence-corrected chi connectivity index (χ4v) is 6.60. The second-order valence-electron chi connectivity index (χ2n) is 15.7. The maximum Gasteiger partial charge on any atom is 0.243 e. The van der Waals surface area contributed by atoms with Gasteiger partial charge in [0, 0.05) is 42.6 Å². The predicted molar refractivity (Wildman–Crippen MR) is 251 cm³/mol. The zero-order valence-electron chi connectivity index (χ0n) is 37.5. The number of nitrogens with two attached hydrogens (primary N) is 4. The third-order valence-corrected chi connectivity index (χ3v) is 10.4. The lowest BCUT2D eigenvalue weighted by Gasteiger charge is -2.24. The molecule has 5 atom stereocenters. The van der Waals surface area contributed by atoms with E-state index in [1.54, 1.807) is 36.4 Å². The highest BCUT2D eigenvalue weighted by Gasteiger charge is 2.29. The number of amides is 8. The Morgan fingerprint density at radius 1 is 0.603 bits per heavy atom. The molecule has 3 aromatic carbocycles. The highest BCUT2D eigenvalue weighted by Crippen LogP contribution is 2.14. The van der Waals surface area contributed by atoms with Crippen LogP contribution in [-0.2, 0) is 57.6 Å². The number of hydrogen-bond donors (Lipinski definition) is 14. The fraction of sp³-hybridized carbons (Fsp3) is 0.378. The van der Waals surface area contributed by atoms with Crippen LogP contribution in [0.3, 0.4) is 0 Å². The maximum absolute atomic E-state index is 13.8. The molecular weight excluding hydrogens is 904 g/mol. The molecule has 3 rings (SSSR count). The molecule has 0 saturated heterocycles. The van der Waals surface area contributed by atoms with Crippen molar-refractivity contribution in [2.45, 2.75) is 88.5 Å². The van der Waals surface area contributed by atoms with Gasteiger partial charge in [-0.3, -0.25) is 44.2 Å². The first-order valence-corrected chi connectivity index (χ1v) is 22.0. The van der Waals surface area contributed by atoms with Crippen molar-refractivity contribution in [3.05, 3.63) is 106 Å². The summed E-state index contributed by atoms with van der Waals surface area (Å²) in [5.74, 6) is -0.664. The standard InChI is InChI=1S/C45H61ClN12O10/c1-26(42(65)57-35(41(49)64)20-28-7-14-32(59)15-8-28)54-39(62)24-51-43(66)34(4-2-3-19-47)55-40(63)25-52-44(67)36(21-29-9-16-33(60)17-10-29)58-45(68)37(22-31(48)23-53-50)56-38(61)18-11-27-5-12-30(46)13-6-27/h5-10,12-17,23,26,34-37,53,59-60H,2-4,11,18-22,24-25,47-48,50H2,1H3,(H2,49,64)(H,51,66)(H,52,67)(H,54,62)(H,55,63)(H,56,61)(H,57,65)(H,58,68)/b31-23-/t26-,34-,35+,36-,37+/m0/s1. The molecular formula is C45H61ClN12O10. The first kappa shape index (κ1) is 54.9. The topological polar surface area (TPSA) is 377 Å². The number of halogens is 1. The maximum atomic E-state index is 13.8. The number of phenols is 2. The summed E-state index contributed by atoms with van der Waals surface area (Å²) in [5, 5.41) is 37.5. The summed E-state index contributed by atoms with van der Waals surface area (Å²) < 4.78 is 0. The fourth-order valence-electron chi connectivity index (χ4n) is 6.47. The van der Waals surface area contributed by atoms with E-state index in [1.807, 2.05) is 0 Å². The van der Waals surface area contributed by atoms with Crippen molar-refractivity contribution < 1.29 is 48.6 Å². The van der Waals surface area contributed by atoms with Crippen LogP contribution in [0.2, 0.25) is 5.02 Å². The number of carbonyl (C=O) groups excluding carboxylic acids is 8. The molecule has 3 aromatic rings. The van der Waals surface area contributed by atoms with Crippen LogP contribution < -0.4 is 65.7 Å². The number of phenolic OH excluding ortho intramolecular Hbond substituents is 2. The van der Waals surface area contributed by atoms with Gasteiger partial charge in [0.05, 0.1) is 13.1 Å². The Bertz CT molecular complexity index is 2210. The molecule has 0 bridgehead atoms. The zero-order chi connectivity index (χ0) is 50.2. The molecule has 0 spiro atoms. The van der Waals surface area contributed by atoms with Gasteiger partial charge in [-0.25, -0.2) is 0 Å². The second-order valence-corrected chi connectivity index (χ2v) is 16.2. The summed E-state index contributed by atoms with van der Waals surface area (Å²) in [4.78, 5) is 105. The van der Waals surface area contributed by atoms with E-state index < -0.39 is 90.6 Å². The third-order valence-electron chi connectivity index (χ3n) is 10.2. The van der Waals surface area contributed by atoms with Crippen molar-refractivity contribution in [1.29, 1.82) is 0 Å². The Morgan fingerprint density at radius 3 is 1.65 bits per heavy atom. The molecule has 0 aliphatic heterocycles. The lowest BCUT2D eigenvalue weighted by Crippen LogP contribution is -2.56. The number of hydrogen-bond acceptors (Lipinski definition) is 14. The summed E-state index contributed by atoms with van der Waals surface area (Å²) in [6.07, 6.45) is 2.25. The summed E-state index contributed by atoms with van der Waals surface area (Å²) >= 11 is 5.97. The van der Waals surface area contributed by atoms with Gasteiger partial charge in [-0.05, 0) is 92.2 Å². The van der Waals surface area contributed by atoms with Crippen LogP contribution in [-0.4, -0.2) is 107 Å². The molecule has 22 nitrogen and oxygen atoms in total. The quantitative estimate of drug-likeness (QED) is 0.0215. The molecule has 0 heterocycles. The highest BCUT2D eigenvalue weighted by molar-refractivity contribution is 6.30. The molecule has 0 radical (unpaired) electrons. The van der Waals surface area contributed by atoms with Gasteiger partial charge >= 0.3 is 0 Å². The first-order valence-electron chi connectivity index (χ1n) is 21.6. The molecule has 8 amide bonds. The Morgan fingerprint density at radius 2 is 1.10 bits per heavy atom. The molecule has 18 N–H and O–H groups in total. The van der Waals surface area contributed by atoms with E-state index in [9.17, 15) is 48.6 Å². The van der Waals surface area contributed by atoms with Crippen molar-refractivity contribution in [3.63, 3.8) is 0 Å². The normalized spacial score (nSPS) is 13.3. The number of nitrogens with one attached hydrogen (secondary N) is 8. The van der Waals surface area contributed by atoms with Gasteiger partial charge in [0.15, 0.2) is 0 Å². The first-order chi connectivity index (χ1) is 32.4. The van der Waals surface area contributed by atoms with E-state index in [0.29, 0.717) is 42.0 Å². The van der Waals surface area contributed by atoms with Crippen molar-refractivity contribution in [2.75, 3.05) is 19.6 Å².